The number of nitrogens with zero attached hydrogens (tertiary/aromatic N) is 1. The third-order valence-electron chi connectivity index (χ3n) is 5.84. The smallest absolute Gasteiger partial charge is 0.256 e. The Balaban J connectivity index is 1.45. The molecule has 5 rings (SSSR count). The number of hydrogen-bond acceptors (Lipinski definition) is 3. The molecule has 0 bridgehead atoms. The summed E-state index contributed by atoms with van der Waals surface area (Å²) in [5.74, 6) is -0.599. The summed E-state index contributed by atoms with van der Waals surface area (Å²) in [7, 11) is 0. The number of anilines is 2. The highest BCUT2D eigenvalue weighted by Gasteiger charge is 2.38. The maximum atomic E-state index is 13.1. The van der Waals surface area contributed by atoms with Crippen LogP contribution in [0.1, 0.15) is 33.6 Å². The Morgan fingerprint density at radius 2 is 1.71 bits per heavy atom. The van der Waals surface area contributed by atoms with Gasteiger partial charge in [-0.3, -0.25) is 14.4 Å². The summed E-state index contributed by atoms with van der Waals surface area (Å²) >= 11 is 0. The molecule has 0 unspecified atom stereocenters. The zero-order chi connectivity index (χ0) is 21.4. The standard InChI is InChI=1S/C25H21N3O3/c29-23(19-10-5-4-9-18(19)16-7-2-1-3-8-16)26-17-12-13-21-20(15-17)25(31)28-14-6-11-22(28)24(30)27-21/h1-5,7-10,12-13,15,22H,6,11,14H2,(H,26,29)(H,27,30)/t22-/m1/s1. The van der Waals surface area contributed by atoms with Gasteiger partial charge in [0.2, 0.25) is 5.91 Å². The maximum Gasteiger partial charge on any atom is 0.256 e. The molecule has 0 saturated carbocycles. The third kappa shape index (κ3) is 3.46. The second kappa shape index (κ2) is 7.72. The quantitative estimate of drug-likeness (QED) is 0.679. The zero-order valence-electron chi connectivity index (χ0n) is 16.8. The van der Waals surface area contributed by atoms with Crippen molar-refractivity contribution < 1.29 is 14.4 Å². The Bertz CT molecular complexity index is 1190. The molecule has 154 valence electrons. The molecule has 6 heteroatoms. The predicted molar refractivity (Wildman–Crippen MR) is 119 cm³/mol. The van der Waals surface area contributed by atoms with Crippen LogP contribution in [-0.2, 0) is 4.79 Å². The Kier molecular flexibility index (Phi) is 4.75. The van der Waals surface area contributed by atoms with E-state index in [0.29, 0.717) is 35.5 Å². The Hall–Kier alpha value is -3.93. The average molecular weight is 411 g/mol. The van der Waals surface area contributed by atoms with Crippen LogP contribution in [0.2, 0.25) is 0 Å². The van der Waals surface area contributed by atoms with Crippen molar-refractivity contribution >= 4 is 29.1 Å². The minimum atomic E-state index is -0.421. The first-order valence-corrected chi connectivity index (χ1v) is 10.3. The lowest BCUT2D eigenvalue weighted by Gasteiger charge is -2.20. The van der Waals surface area contributed by atoms with Crippen molar-refractivity contribution in [1.82, 2.24) is 4.90 Å². The van der Waals surface area contributed by atoms with Gasteiger partial charge in [-0.1, -0.05) is 48.5 Å². The van der Waals surface area contributed by atoms with Crippen molar-refractivity contribution in [3.63, 3.8) is 0 Å². The fraction of sp³-hybridized carbons (Fsp3) is 0.160. The van der Waals surface area contributed by atoms with Gasteiger partial charge < -0.3 is 15.5 Å². The summed E-state index contributed by atoms with van der Waals surface area (Å²) < 4.78 is 0. The Morgan fingerprint density at radius 1 is 0.935 bits per heavy atom. The van der Waals surface area contributed by atoms with Crippen LogP contribution in [0, 0.1) is 0 Å². The molecule has 31 heavy (non-hydrogen) atoms. The van der Waals surface area contributed by atoms with Gasteiger partial charge in [0.15, 0.2) is 0 Å². The molecule has 2 heterocycles. The largest absolute Gasteiger partial charge is 0.327 e. The molecule has 1 fully saturated rings. The number of benzene rings is 3. The lowest BCUT2D eigenvalue weighted by molar-refractivity contribution is -0.119. The van der Waals surface area contributed by atoms with Crippen LogP contribution in [0.25, 0.3) is 11.1 Å². The minimum absolute atomic E-state index is 0.154. The monoisotopic (exact) mass is 411 g/mol. The highest BCUT2D eigenvalue weighted by molar-refractivity contribution is 6.12. The molecule has 3 aromatic carbocycles. The van der Waals surface area contributed by atoms with E-state index < -0.39 is 6.04 Å². The highest BCUT2D eigenvalue weighted by Crippen LogP contribution is 2.31. The summed E-state index contributed by atoms with van der Waals surface area (Å²) in [5, 5.41) is 5.76. The van der Waals surface area contributed by atoms with Gasteiger partial charge in [0.05, 0.1) is 11.3 Å². The van der Waals surface area contributed by atoms with Crippen LogP contribution < -0.4 is 10.6 Å². The molecule has 0 aromatic heterocycles. The van der Waals surface area contributed by atoms with Crippen molar-refractivity contribution in [2.24, 2.45) is 0 Å². The van der Waals surface area contributed by atoms with Crippen LogP contribution in [0.5, 0.6) is 0 Å². The van der Waals surface area contributed by atoms with Gasteiger partial charge in [-0.2, -0.15) is 0 Å². The SMILES string of the molecule is O=C(Nc1ccc2c(c1)C(=O)N1CCC[C@@H]1C(=O)N2)c1ccccc1-c1ccccc1. The number of amides is 3. The van der Waals surface area contributed by atoms with E-state index in [1.54, 1.807) is 29.2 Å². The molecular formula is C25H21N3O3. The maximum absolute atomic E-state index is 13.1. The summed E-state index contributed by atoms with van der Waals surface area (Å²) in [6.07, 6.45) is 1.48. The Labute approximate surface area is 179 Å². The molecule has 0 spiro atoms. The van der Waals surface area contributed by atoms with Crippen LogP contribution in [0.15, 0.2) is 72.8 Å². The van der Waals surface area contributed by atoms with Gasteiger partial charge >= 0.3 is 0 Å². The second-order valence-electron chi connectivity index (χ2n) is 7.77. The number of rotatable bonds is 3. The van der Waals surface area contributed by atoms with Gasteiger partial charge in [0.25, 0.3) is 11.8 Å². The average Bonchev–Trinajstić information content (AvgIpc) is 3.27. The predicted octanol–water partition coefficient (Wildman–Crippen LogP) is 4.16. The first-order chi connectivity index (χ1) is 15.1. The second-order valence-corrected chi connectivity index (χ2v) is 7.77. The van der Waals surface area contributed by atoms with E-state index in [1.807, 2.05) is 48.5 Å². The summed E-state index contributed by atoms with van der Waals surface area (Å²) in [4.78, 5) is 40.2. The van der Waals surface area contributed by atoms with E-state index in [-0.39, 0.29) is 17.7 Å². The van der Waals surface area contributed by atoms with Gasteiger partial charge in [-0.05, 0) is 48.2 Å². The fourth-order valence-electron chi connectivity index (χ4n) is 4.31. The number of carbonyl (C=O) groups excluding carboxylic acids is 3. The highest BCUT2D eigenvalue weighted by atomic mass is 16.2. The number of hydrogen-bond donors (Lipinski definition) is 2. The van der Waals surface area contributed by atoms with Crippen LogP contribution in [-0.4, -0.2) is 35.2 Å². The van der Waals surface area contributed by atoms with Crippen molar-refractivity contribution in [3.05, 3.63) is 83.9 Å². The molecular weight excluding hydrogens is 390 g/mol. The molecule has 2 aliphatic heterocycles. The van der Waals surface area contributed by atoms with Crippen molar-refractivity contribution in [1.29, 1.82) is 0 Å². The van der Waals surface area contributed by atoms with E-state index >= 15 is 0 Å². The van der Waals surface area contributed by atoms with E-state index in [2.05, 4.69) is 10.6 Å². The summed E-state index contributed by atoms with van der Waals surface area (Å²) in [5.41, 5.74) is 3.71. The molecule has 0 radical (unpaired) electrons. The third-order valence-corrected chi connectivity index (χ3v) is 5.84. The lowest BCUT2D eigenvalue weighted by atomic mass is 9.99. The molecule has 1 saturated heterocycles. The minimum Gasteiger partial charge on any atom is -0.327 e. The van der Waals surface area contributed by atoms with Gasteiger partial charge in [-0.25, -0.2) is 0 Å². The van der Waals surface area contributed by atoms with Crippen LogP contribution in [0.4, 0.5) is 11.4 Å². The summed E-state index contributed by atoms with van der Waals surface area (Å²) in [6, 6.07) is 21.7. The molecule has 3 amide bonds. The van der Waals surface area contributed by atoms with E-state index in [9.17, 15) is 14.4 Å². The lowest BCUT2D eigenvalue weighted by Crippen LogP contribution is -2.40. The summed E-state index contributed by atoms with van der Waals surface area (Å²) in [6.45, 7) is 0.567. The molecule has 2 aliphatic rings. The van der Waals surface area contributed by atoms with Crippen molar-refractivity contribution in [2.75, 3.05) is 17.2 Å². The fourth-order valence-corrected chi connectivity index (χ4v) is 4.31. The Morgan fingerprint density at radius 3 is 2.55 bits per heavy atom. The molecule has 6 nitrogen and oxygen atoms in total. The van der Waals surface area contributed by atoms with E-state index in [0.717, 1.165) is 17.5 Å². The van der Waals surface area contributed by atoms with Crippen molar-refractivity contribution in [2.45, 2.75) is 18.9 Å². The van der Waals surface area contributed by atoms with Gasteiger partial charge in [-0.15, -0.1) is 0 Å². The number of nitrogens with one attached hydrogen (secondary N) is 2. The molecule has 2 N–H and O–H groups in total. The van der Waals surface area contributed by atoms with Gasteiger partial charge in [0, 0.05) is 17.8 Å². The molecule has 1 atom stereocenters. The first-order valence-electron chi connectivity index (χ1n) is 10.3. The molecule has 3 aromatic rings. The first kappa shape index (κ1) is 19.1. The van der Waals surface area contributed by atoms with E-state index in [4.69, 9.17) is 0 Å². The van der Waals surface area contributed by atoms with Crippen molar-refractivity contribution in [3.8, 4) is 11.1 Å². The van der Waals surface area contributed by atoms with E-state index in [1.165, 1.54) is 0 Å². The number of fused-ring (bicyclic) bond motifs is 2. The zero-order valence-corrected chi connectivity index (χ0v) is 16.8. The van der Waals surface area contributed by atoms with Gasteiger partial charge in [0.1, 0.15) is 6.04 Å². The topological polar surface area (TPSA) is 78.5 Å². The van der Waals surface area contributed by atoms with Crippen LogP contribution in [0.3, 0.4) is 0 Å². The molecule has 0 aliphatic carbocycles. The van der Waals surface area contributed by atoms with Crippen LogP contribution >= 0.6 is 0 Å². The number of carbonyl (C=O) groups is 3. The normalized spacial score (nSPS) is 17.4.